The predicted octanol–water partition coefficient (Wildman–Crippen LogP) is 3.02. The van der Waals surface area contributed by atoms with Gasteiger partial charge in [0.1, 0.15) is 22.4 Å². The number of ether oxygens (including phenoxy) is 1. The summed E-state index contributed by atoms with van der Waals surface area (Å²) in [5, 5.41) is 9.08. The summed E-state index contributed by atoms with van der Waals surface area (Å²) in [6.45, 7) is -0.246. The third-order valence-corrected chi connectivity index (χ3v) is 5.06. The average Bonchev–Trinajstić information content (AvgIpc) is 3.22. The molecule has 1 N–H and O–H groups in total. The number of rotatable bonds is 5. The monoisotopic (exact) mass is 403 g/mol. The van der Waals surface area contributed by atoms with Gasteiger partial charge in [0.05, 0.1) is 17.6 Å². The number of thiocarbonyl (C=S) groups is 1. The summed E-state index contributed by atoms with van der Waals surface area (Å²) in [4.78, 5) is 36.4. The van der Waals surface area contributed by atoms with E-state index in [0.29, 0.717) is 22.0 Å². The van der Waals surface area contributed by atoms with E-state index < -0.39 is 17.8 Å². The fourth-order valence-corrected chi connectivity index (χ4v) is 3.59. The van der Waals surface area contributed by atoms with Crippen LogP contribution in [0.1, 0.15) is 16.1 Å². The zero-order chi connectivity index (χ0) is 19.6. The van der Waals surface area contributed by atoms with Crippen LogP contribution in [0.2, 0.25) is 0 Å². The van der Waals surface area contributed by atoms with Crippen LogP contribution in [0.5, 0.6) is 0 Å². The van der Waals surface area contributed by atoms with Gasteiger partial charge in [-0.05, 0) is 24.3 Å². The van der Waals surface area contributed by atoms with Crippen molar-refractivity contribution in [2.75, 3.05) is 13.7 Å². The number of aromatic carboxylic acids is 1. The largest absolute Gasteiger partial charge is 0.478 e. The second kappa shape index (κ2) is 7.77. The smallest absolute Gasteiger partial charge is 0.335 e. The summed E-state index contributed by atoms with van der Waals surface area (Å²) in [6, 6.07) is 9.69. The highest BCUT2D eigenvalue weighted by atomic mass is 32.2. The van der Waals surface area contributed by atoms with Gasteiger partial charge in [-0.15, -0.1) is 0 Å². The summed E-state index contributed by atoms with van der Waals surface area (Å²) in [6.07, 6.45) is 1.53. The molecule has 0 aliphatic carbocycles. The molecule has 2 aromatic rings. The number of hydrogen-bond donors (Lipinski definition) is 1. The summed E-state index contributed by atoms with van der Waals surface area (Å²) >= 11 is 6.19. The van der Waals surface area contributed by atoms with Crippen molar-refractivity contribution in [3.05, 3.63) is 52.6 Å². The van der Waals surface area contributed by atoms with Crippen LogP contribution in [0.15, 0.2) is 45.7 Å². The number of nitrogens with zero attached hydrogens (tertiary/aromatic N) is 1. The second-order valence-electron chi connectivity index (χ2n) is 5.43. The molecule has 0 unspecified atom stereocenters. The maximum absolute atomic E-state index is 12.4. The van der Waals surface area contributed by atoms with Crippen molar-refractivity contribution < 1.29 is 28.6 Å². The minimum atomic E-state index is -1.03. The summed E-state index contributed by atoms with van der Waals surface area (Å²) in [5.74, 6) is -1.12. The van der Waals surface area contributed by atoms with E-state index in [0.717, 1.165) is 16.7 Å². The molecule has 0 atom stereocenters. The molecular weight excluding hydrogens is 390 g/mol. The lowest BCUT2D eigenvalue weighted by atomic mass is 10.1. The average molecular weight is 403 g/mol. The summed E-state index contributed by atoms with van der Waals surface area (Å²) < 4.78 is 10.5. The van der Waals surface area contributed by atoms with Crippen molar-refractivity contribution in [3.63, 3.8) is 0 Å². The van der Waals surface area contributed by atoms with Gasteiger partial charge < -0.3 is 14.3 Å². The SMILES string of the molecule is COC(=O)CN1C(=O)/C(=C/c2ccc(-c3cccc(C(=O)O)c3)o2)SC1=S. The molecule has 9 heteroatoms. The highest BCUT2D eigenvalue weighted by molar-refractivity contribution is 8.26. The van der Waals surface area contributed by atoms with E-state index in [2.05, 4.69) is 4.74 Å². The number of esters is 1. The van der Waals surface area contributed by atoms with Gasteiger partial charge in [-0.25, -0.2) is 4.79 Å². The standard InChI is InChI=1S/C18H13NO6S2/c1-24-15(20)9-19-16(21)14(27-18(19)26)8-12-5-6-13(25-12)10-3-2-4-11(7-10)17(22)23/h2-8H,9H2,1H3,(H,22,23)/b14-8-. The number of amides is 1. The quantitative estimate of drug-likeness (QED) is 0.462. The Labute approximate surface area is 163 Å². The summed E-state index contributed by atoms with van der Waals surface area (Å²) in [5.41, 5.74) is 0.752. The second-order valence-corrected chi connectivity index (χ2v) is 7.11. The van der Waals surface area contributed by atoms with E-state index in [1.807, 2.05) is 0 Å². The Morgan fingerprint density at radius 2 is 2.11 bits per heavy atom. The first-order chi connectivity index (χ1) is 12.9. The fourth-order valence-electron chi connectivity index (χ4n) is 2.35. The number of carbonyl (C=O) groups is 3. The molecule has 1 fully saturated rings. The van der Waals surface area contributed by atoms with E-state index in [-0.39, 0.29) is 16.4 Å². The lowest BCUT2D eigenvalue weighted by molar-refractivity contribution is -0.143. The van der Waals surface area contributed by atoms with Crippen molar-refractivity contribution >= 4 is 52.2 Å². The van der Waals surface area contributed by atoms with Gasteiger partial charge in [0.25, 0.3) is 5.91 Å². The van der Waals surface area contributed by atoms with Crippen LogP contribution in [-0.4, -0.2) is 45.8 Å². The third kappa shape index (κ3) is 4.09. The molecular formula is C18H13NO6S2. The van der Waals surface area contributed by atoms with Crippen LogP contribution < -0.4 is 0 Å². The number of thioether (sulfide) groups is 1. The van der Waals surface area contributed by atoms with Crippen LogP contribution in [0, 0.1) is 0 Å². The molecule has 0 radical (unpaired) electrons. The predicted molar refractivity (Wildman–Crippen MR) is 103 cm³/mol. The van der Waals surface area contributed by atoms with Crippen LogP contribution >= 0.6 is 24.0 Å². The molecule has 2 heterocycles. The molecule has 1 aliphatic heterocycles. The molecule has 1 amide bonds. The Morgan fingerprint density at radius 3 is 2.81 bits per heavy atom. The molecule has 0 bridgehead atoms. The first-order valence-electron chi connectivity index (χ1n) is 7.65. The topological polar surface area (TPSA) is 97.0 Å². The summed E-state index contributed by atoms with van der Waals surface area (Å²) in [7, 11) is 1.24. The number of methoxy groups -OCH3 is 1. The lowest BCUT2D eigenvalue weighted by Crippen LogP contribution is -2.33. The molecule has 1 aliphatic rings. The van der Waals surface area contributed by atoms with Gasteiger partial charge in [-0.3, -0.25) is 14.5 Å². The molecule has 3 rings (SSSR count). The number of furan rings is 1. The van der Waals surface area contributed by atoms with Gasteiger partial charge in [-0.1, -0.05) is 36.1 Å². The van der Waals surface area contributed by atoms with E-state index in [1.54, 1.807) is 24.3 Å². The first kappa shape index (κ1) is 18.9. The van der Waals surface area contributed by atoms with Crippen molar-refractivity contribution in [3.8, 4) is 11.3 Å². The van der Waals surface area contributed by atoms with Crippen molar-refractivity contribution in [1.29, 1.82) is 0 Å². The fraction of sp³-hybridized carbons (Fsp3) is 0.111. The molecule has 7 nitrogen and oxygen atoms in total. The van der Waals surface area contributed by atoms with Gasteiger partial charge >= 0.3 is 11.9 Å². The van der Waals surface area contributed by atoms with Crippen molar-refractivity contribution in [2.45, 2.75) is 0 Å². The van der Waals surface area contributed by atoms with E-state index in [1.165, 1.54) is 25.3 Å². The molecule has 27 heavy (non-hydrogen) atoms. The number of benzene rings is 1. The first-order valence-corrected chi connectivity index (χ1v) is 8.87. The maximum Gasteiger partial charge on any atom is 0.335 e. The van der Waals surface area contributed by atoms with E-state index >= 15 is 0 Å². The van der Waals surface area contributed by atoms with E-state index in [9.17, 15) is 14.4 Å². The number of carboxylic acids is 1. The molecule has 1 saturated heterocycles. The van der Waals surface area contributed by atoms with Crippen molar-refractivity contribution in [2.24, 2.45) is 0 Å². The molecule has 0 saturated carbocycles. The molecule has 138 valence electrons. The number of carboxylic acid groups (broad SMARTS) is 1. The van der Waals surface area contributed by atoms with Crippen LogP contribution in [0.25, 0.3) is 17.4 Å². The third-order valence-electron chi connectivity index (χ3n) is 3.68. The van der Waals surface area contributed by atoms with Crippen LogP contribution in [-0.2, 0) is 14.3 Å². The normalized spacial score (nSPS) is 15.4. The Balaban J connectivity index is 1.82. The lowest BCUT2D eigenvalue weighted by Gasteiger charge is -2.11. The minimum Gasteiger partial charge on any atom is -0.478 e. The van der Waals surface area contributed by atoms with E-state index in [4.69, 9.17) is 21.7 Å². The Kier molecular flexibility index (Phi) is 5.43. The highest BCUT2D eigenvalue weighted by Crippen LogP contribution is 2.33. The van der Waals surface area contributed by atoms with Gasteiger partial charge in [0, 0.05) is 11.6 Å². The number of hydrogen-bond acceptors (Lipinski definition) is 7. The van der Waals surface area contributed by atoms with Crippen molar-refractivity contribution in [1.82, 2.24) is 4.90 Å². The number of carbonyl (C=O) groups excluding carboxylic acids is 2. The Bertz CT molecular complexity index is 978. The van der Waals surface area contributed by atoms with Gasteiger partial charge in [-0.2, -0.15) is 0 Å². The zero-order valence-electron chi connectivity index (χ0n) is 14.0. The highest BCUT2D eigenvalue weighted by Gasteiger charge is 2.33. The molecule has 1 aromatic carbocycles. The minimum absolute atomic E-state index is 0.147. The van der Waals surface area contributed by atoms with Gasteiger partial charge in [0.15, 0.2) is 0 Å². The Hall–Kier alpha value is -2.91. The van der Waals surface area contributed by atoms with Gasteiger partial charge in [0.2, 0.25) is 0 Å². The molecule has 1 aromatic heterocycles. The molecule has 0 spiro atoms. The zero-order valence-corrected chi connectivity index (χ0v) is 15.6. The van der Waals surface area contributed by atoms with Crippen LogP contribution in [0.3, 0.4) is 0 Å². The Morgan fingerprint density at radius 1 is 1.33 bits per heavy atom. The van der Waals surface area contributed by atoms with Crippen LogP contribution in [0.4, 0.5) is 0 Å². The maximum atomic E-state index is 12.4.